The molecule has 4 rings (SSSR count). The van der Waals surface area contributed by atoms with Crippen LogP contribution in [-0.4, -0.2) is 22.5 Å². The van der Waals surface area contributed by atoms with Crippen molar-refractivity contribution in [2.24, 2.45) is 5.92 Å². The van der Waals surface area contributed by atoms with Gasteiger partial charge in [0.15, 0.2) is 5.54 Å². The molecule has 3 N–H and O–H groups in total. The monoisotopic (exact) mass is 523 g/mol. The smallest absolute Gasteiger partial charge is 0.331 e. The van der Waals surface area contributed by atoms with Crippen LogP contribution >= 0.6 is 11.6 Å². The Hall–Kier alpha value is -3.42. The van der Waals surface area contributed by atoms with E-state index in [-0.39, 0.29) is 6.54 Å². The number of hydrogen-bond acceptors (Lipinski definition) is 4. The molecule has 1 heterocycles. The number of carbonyl (C=O) groups is 2. The van der Waals surface area contributed by atoms with Crippen molar-refractivity contribution >= 4 is 29.2 Å². The normalized spacial score (nSPS) is 23.1. The molecule has 37 heavy (non-hydrogen) atoms. The fourth-order valence-corrected chi connectivity index (χ4v) is 5.51. The number of nitrogens with one attached hydrogen (secondary N) is 2. The summed E-state index contributed by atoms with van der Waals surface area (Å²) in [6.07, 6.45) is 1.99. The van der Waals surface area contributed by atoms with Gasteiger partial charge in [-0.1, -0.05) is 73.8 Å². The average Bonchev–Trinajstić information content (AvgIpc) is 3.17. The van der Waals surface area contributed by atoms with Gasteiger partial charge in [0, 0.05) is 17.5 Å². The SMILES string of the molecule is CCCCC1C(C(=O)NCc2cccc(Cl)c2)(c2ccc(F)cc2)NN(c2ccccc2)C1(C)C(=O)O. The van der Waals surface area contributed by atoms with E-state index in [0.717, 1.165) is 12.0 Å². The third-order valence-electron chi connectivity index (χ3n) is 7.25. The van der Waals surface area contributed by atoms with E-state index in [2.05, 4.69) is 10.7 Å². The molecule has 0 aromatic heterocycles. The van der Waals surface area contributed by atoms with Gasteiger partial charge in [-0.25, -0.2) is 14.6 Å². The molecular formula is C29H31ClFN3O3. The largest absolute Gasteiger partial charge is 0.479 e. The number of halogens is 2. The van der Waals surface area contributed by atoms with Crippen LogP contribution in [0.3, 0.4) is 0 Å². The average molecular weight is 524 g/mol. The molecule has 0 saturated carbocycles. The second-order valence-corrected chi connectivity index (χ2v) is 9.99. The predicted molar refractivity (Wildman–Crippen MR) is 142 cm³/mol. The fraction of sp³-hybridized carbons (Fsp3) is 0.310. The van der Waals surface area contributed by atoms with Gasteiger partial charge in [0.05, 0.1) is 5.69 Å². The van der Waals surface area contributed by atoms with Crippen LogP contribution in [0.5, 0.6) is 0 Å². The molecule has 3 aromatic rings. The van der Waals surface area contributed by atoms with E-state index in [0.29, 0.717) is 29.1 Å². The number of carboxylic acids is 1. The van der Waals surface area contributed by atoms with Crippen LogP contribution in [0.2, 0.25) is 5.02 Å². The van der Waals surface area contributed by atoms with E-state index in [1.807, 2.05) is 31.2 Å². The maximum Gasteiger partial charge on any atom is 0.331 e. The lowest BCUT2D eigenvalue weighted by Crippen LogP contribution is -2.56. The van der Waals surface area contributed by atoms with E-state index >= 15 is 0 Å². The second-order valence-electron chi connectivity index (χ2n) is 9.56. The Bertz CT molecular complexity index is 1260. The van der Waals surface area contributed by atoms with E-state index in [4.69, 9.17) is 11.6 Å². The van der Waals surface area contributed by atoms with Crippen molar-refractivity contribution in [2.45, 2.75) is 50.7 Å². The number of aliphatic carboxylic acids is 1. The quantitative estimate of drug-likeness (QED) is 0.337. The number of unbranched alkanes of at least 4 members (excludes halogenated alkanes) is 1. The standard InChI is InChI=1S/C29H31ClFN3O3/c1-3-4-13-25-28(2,27(36)37)34(24-11-6-5-7-12-24)33-29(25,21-14-16-23(31)17-15-21)26(35)32-19-20-9-8-10-22(30)18-20/h5-12,14-18,25,33H,3-4,13,19H2,1-2H3,(H,32,35)(H,36,37). The highest BCUT2D eigenvalue weighted by Crippen LogP contribution is 2.50. The predicted octanol–water partition coefficient (Wildman–Crippen LogP) is 5.67. The third-order valence-corrected chi connectivity index (χ3v) is 7.48. The van der Waals surface area contributed by atoms with Crippen molar-refractivity contribution in [2.75, 3.05) is 5.01 Å². The van der Waals surface area contributed by atoms with Crippen LogP contribution in [0.4, 0.5) is 10.1 Å². The Labute approximate surface area is 221 Å². The van der Waals surface area contributed by atoms with Crippen molar-refractivity contribution in [1.82, 2.24) is 10.7 Å². The lowest BCUT2D eigenvalue weighted by Gasteiger charge is -2.37. The number of anilines is 1. The summed E-state index contributed by atoms with van der Waals surface area (Å²) in [6, 6.07) is 21.9. The van der Waals surface area contributed by atoms with Gasteiger partial charge in [-0.05, 0) is 60.9 Å². The van der Waals surface area contributed by atoms with Gasteiger partial charge in [-0.2, -0.15) is 0 Å². The number of benzene rings is 3. The second kappa shape index (κ2) is 10.9. The Kier molecular flexibility index (Phi) is 7.85. The summed E-state index contributed by atoms with van der Waals surface area (Å²) < 4.78 is 14.0. The van der Waals surface area contributed by atoms with E-state index in [1.165, 1.54) is 12.1 Å². The molecule has 6 nitrogen and oxygen atoms in total. The molecule has 194 valence electrons. The number of hydrogen-bond donors (Lipinski definition) is 3. The maximum absolute atomic E-state index is 14.3. The van der Waals surface area contributed by atoms with Gasteiger partial charge in [-0.15, -0.1) is 0 Å². The highest BCUT2D eigenvalue weighted by molar-refractivity contribution is 6.30. The molecular weight excluding hydrogens is 493 g/mol. The van der Waals surface area contributed by atoms with Gasteiger partial charge >= 0.3 is 5.97 Å². The molecule has 8 heteroatoms. The van der Waals surface area contributed by atoms with Crippen molar-refractivity contribution in [3.8, 4) is 0 Å². The first kappa shape index (κ1) is 26.6. The Morgan fingerprint density at radius 2 is 1.78 bits per heavy atom. The summed E-state index contributed by atoms with van der Waals surface area (Å²) in [5.41, 5.74) is 2.26. The lowest BCUT2D eigenvalue weighted by atomic mass is 9.68. The van der Waals surface area contributed by atoms with Crippen molar-refractivity contribution in [1.29, 1.82) is 0 Å². The zero-order valence-electron chi connectivity index (χ0n) is 20.9. The van der Waals surface area contributed by atoms with Gasteiger partial charge in [0.1, 0.15) is 11.4 Å². The van der Waals surface area contributed by atoms with Crippen LogP contribution in [-0.2, 0) is 21.7 Å². The highest BCUT2D eigenvalue weighted by Gasteiger charge is 2.66. The molecule has 3 aromatic carbocycles. The van der Waals surface area contributed by atoms with Gasteiger partial charge in [0.25, 0.3) is 0 Å². The van der Waals surface area contributed by atoms with Crippen LogP contribution in [0.25, 0.3) is 0 Å². The highest BCUT2D eigenvalue weighted by atomic mass is 35.5. The topological polar surface area (TPSA) is 81.7 Å². The van der Waals surface area contributed by atoms with Crippen molar-refractivity contribution in [3.05, 3.63) is 101 Å². The molecule has 1 saturated heterocycles. The lowest BCUT2D eigenvalue weighted by molar-refractivity contribution is -0.145. The number of nitrogens with zero attached hydrogens (tertiary/aromatic N) is 1. The Morgan fingerprint density at radius 3 is 2.41 bits per heavy atom. The van der Waals surface area contributed by atoms with Gasteiger partial charge in [-0.3, -0.25) is 9.80 Å². The Morgan fingerprint density at radius 1 is 1.08 bits per heavy atom. The molecule has 0 spiro atoms. The minimum atomic E-state index is -1.49. The molecule has 0 bridgehead atoms. The summed E-state index contributed by atoms with van der Waals surface area (Å²) in [6.45, 7) is 3.86. The summed E-state index contributed by atoms with van der Waals surface area (Å²) in [5.74, 6) is -2.59. The number of rotatable bonds is 9. The third kappa shape index (κ3) is 4.93. The van der Waals surface area contributed by atoms with Crippen molar-refractivity contribution in [3.63, 3.8) is 0 Å². The molecule has 0 radical (unpaired) electrons. The number of carbonyl (C=O) groups excluding carboxylic acids is 1. The fourth-order valence-electron chi connectivity index (χ4n) is 5.30. The summed E-state index contributed by atoms with van der Waals surface area (Å²) >= 11 is 6.13. The molecule has 1 fully saturated rings. The van der Waals surface area contributed by atoms with Crippen LogP contribution < -0.4 is 15.8 Å². The maximum atomic E-state index is 14.3. The summed E-state index contributed by atoms with van der Waals surface area (Å²) in [7, 11) is 0. The molecule has 1 aliphatic heterocycles. The van der Waals surface area contributed by atoms with Crippen LogP contribution in [0.1, 0.15) is 44.2 Å². The van der Waals surface area contributed by atoms with Gasteiger partial charge in [0.2, 0.25) is 5.91 Å². The molecule has 3 atom stereocenters. The number of amides is 1. The first-order valence-corrected chi connectivity index (χ1v) is 12.8. The molecule has 1 amide bonds. The van der Waals surface area contributed by atoms with Crippen LogP contribution in [0.15, 0.2) is 78.9 Å². The minimum absolute atomic E-state index is 0.194. The minimum Gasteiger partial charge on any atom is -0.479 e. The van der Waals surface area contributed by atoms with Crippen LogP contribution in [0, 0.1) is 11.7 Å². The van der Waals surface area contributed by atoms with Crippen molar-refractivity contribution < 1.29 is 19.1 Å². The molecule has 1 aliphatic rings. The van der Waals surface area contributed by atoms with Gasteiger partial charge < -0.3 is 10.4 Å². The zero-order chi connectivity index (χ0) is 26.6. The first-order valence-electron chi connectivity index (χ1n) is 12.4. The summed E-state index contributed by atoms with van der Waals surface area (Å²) in [5, 5.41) is 15.8. The summed E-state index contributed by atoms with van der Waals surface area (Å²) in [4.78, 5) is 27.3. The molecule has 0 aliphatic carbocycles. The van der Waals surface area contributed by atoms with E-state index < -0.39 is 34.7 Å². The number of carboxylic acid groups (broad SMARTS) is 1. The zero-order valence-corrected chi connectivity index (χ0v) is 21.6. The number of para-hydroxylation sites is 1. The van der Waals surface area contributed by atoms with E-state index in [1.54, 1.807) is 54.4 Å². The molecule has 3 unspecified atom stereocenters. The number of hydrazine groups is 1. The first-order chi connectivity index (χ1) is 17.7. The van der Waals surface area contributed by atoms with E-state index in [9.17, 15) is 19.1 Å². The Balaban J connectivity index is 1.87.